The molecule has 1 unspecified atom stereocenters. The lowest BCUT2D eigenvalue weighted by Gasteiger charge is -2.16. The van der Waals surface area contributed by atoms with E-state index in [0.29, 0.717) is 17.6 Å². The number of hydrogen-bond acceptors (Lipinski definition) is 6. The van der Waals surface area contributed by atoms with Crippen LogP contribution in [0, 0.1) is 0 Å². The lowest BCUT2D eigenvalue weighted by molar-refractivity contribution is -0.117. The van der Waals surface area contributed by atoms with Crippen LogP contribution in [0.25, 0.3) is 10.4 Å². The zero-order valence-corrected chi connectivity index (χ0v) is 15.7. The molecular weight excluding hydrogens is 383 g/mol. The molecule has 0 aliphatic carbocycles. The topological polar surface area (TPSA) is 133 Å². The fraction of sp³-hybridized carbons (Fsp3) is 0.222. The normalized spacial score (nSPS) is 12.9. The van der Waals surface area contributed by atoms with Crippen LogP contribution < -0.4 is 17.2 Å². The first-order chi connectivity index (χ1) is 13.5. The predicted molar refractivity (Wildman–Crippen MR) is 104 cm³/mol. The highest BCUT2D eigenvalue weighted by atomic mass is 32.1. The minimum Gasteiger partial charge on any atom is -0.369 e. The van der Waals surface area contributed by atoms with Crippen LogP contribution in [0.2, 0.25) is 0 Å². The van der Waals surface area contributed by atoms with E-state index < -0.39 is 11.9 Å². The van der Waals surface area contributed by atoms with E-state index in [0.717, 1.165) is 15.3 Å². The van der Waals surface area contributed by atoms with Crippen molar-refractivity contribution < 1.29 is 9.18 Å². The summed E-state index contributed by atoms with van der Waals surface area (Å²) in [5.74, 6) is -0.455. The maximum Gasteiger partial charge on any atom is 0.343 e. The van der Waals surface area contributed by atoms with Crippen LogP contribution in [-0.4, -0.2) is 32.2 Å². The lowest BCUT2D eigenvalue weighted by atomic mass is 10.1. The number of nitrogens with one attached hydrogen (secondary N) is 1. The van der Waals surface area contributed by atoms with Gasteiger partial charge in [0.2, 0.25) is 5.91 Å². The van der Waals surface area contributed by atoms with Crippen molar-refractivity contribution in [3.05, 3.63) is 69.7 Å². The Kier molecular flexibility index (Phi) is 6.12. The Bertz CT molecular complexity index is 1050. The molecule has 10 heteroatoms. The number of pyridine rings is 1. The Hall–Kier alpha value is -3.11. The van der Waals surface area contributed by atoms with Gasteiger partial charge in [0.15, 0.2) is 0 Å². The van der Waals surface area contributed by atoms with E-state index in [1.165, 1.54) is 22.2 Å². The van der Waals surface area contributed by atoms with Gasteiger partial charge in [-0.05, 0) is 41.8 Å². The summed E-state index contributed by atoms with van der Waals surface area (Å²) >= 11 is 1.46. The molecule has 5 N–H and O–H groups in total. The molecule has 0 fully saturated rings. The summed E-state index contributed by atoms with van der Waals surface area (Å²) in [4.78, 5) is 29.1. The smallest absolute Gasteiger partial charge is 0.343 e. The van der Waals surface area contributed by atoms with Crippen LogP contribution in [0.3, 0.4) is 0 Å². The highest BCUT2D eigenvalue weighted by molar-refractivity contribution is 7.15. The van der Waals surface area contributed by atoms with Crippen molar-refractivity contribution in [1.29, 1.82) is 0 Å². The monoisotopic (exact) mass is 402 g/mol. The molecule has 0 saturated heterocycles. The summed E-state index contributed by atoms with van der Waals surface area (Å²) < 4.78 is 14.5. The molecule has 28 heavy (non-hydrogen) atoms. The maximum absolute atomic E-state index is 13.1. The molecule has 0 aliphatic heterocycles. The van der Waals surface area contributed by atoms with E-state index in [2.05, 4.69) is 15.2 Å². The van der Waals surface area contributed by atoms with Gasteiger partial charge in [0.1, 0.15) is 6.33 Å². The zero-order chi connectivity index (χ0) is 20.1. The van der Waals surface area contributed by atoms with Gasteiger partial charge in [-0.15, -0.1) is 11.3 Å². The number of rotatable bonds is 8. The molecule has 0 spiro atoms. The zero-order valence-electron chi connectivity index (χ0n) is 14.8. The highest BCUT2D eigenvalue weighted by Gasteiger charge is 2.20. The molecule has 0 saturated carbocycles. The van der Waals surface area contributed by atoms with Crippen LogP contribution in [0.1, 0.15) is 23.0 Å². The Morgan fingerprint density at radius 3 is 2.86 bits per heavy atom. The van der Waals surface area contributed by atoms with Crippen molar-refractivity contribution in [3.63, 3.8) is 0 Å². The van der Waals surface area contributed by atoms with Gasteiger partial charge < -0.3 is 11.5 Å². The first-order valence-electron chi connectivity index (χ1n) is 8.45. The van der Waals surface area contributed by atoms with Crippen molar-refractivity contribution in [2.75, 3.05) is 6.54 Å². The van der Waals surface area contributed by atoms with Gasteiger partial charge in [0.05, 0.1) is 24.5 Å². The largest absolute Gasteiger partial charge is 0.369 e. The van der Waals surface area contributed by atoms with Gasteiger partial charge in [0, 0.05) is 22.5 Å². The molecule has 1 amide bonds. The Morgan fingerprint density at radius 1 is 1.39 bits per heavy atom. The number of H-pyrrole nitrogens is 1. The summed E-state index contributed by atoms with van der Waals surface area (Å²) in [6.45, 7) is 0.0542. The van der Waals surface area contributed by atoms with Gasteiger partial charge in [-0.25, -0.2) is 14.3 Å². The summed E-state index contributed by atoms with van der Waals surface area (Å²) in [5.41, 5.74) is 12.3. The Balaban J connectivity index is 1.96. The fourth-order valence-electron chi connectivity index (χ4n) is 2.83. The molecule has 0 aromatic carbocycles. The number of halogens is 1. The van der Waals surface area contributed by atoms with Crippen LogP contribution in [-0.2, 0) is 11.2 Å². The third-order valence-corrected chi connectivity index (χ3v) is 5.43. The molecule has 3 aromatic heterocycles. The molecule has 8 nitrogen and oxygen atoms in total. The molecule has 0 bridgehead atoms. The van der Waals surface area contributed by atoms with Crippen LogP contribution in [0.4, 0.5) is 4.39 Å². The van der Waals surface area contributed by atoms with Crippen LogP contribution in [0.5, 0.6) is 0 Å². The number of nitrogens with zero attached hydrogens (tertiary/aromatic N) is 3. The molecule has 0 radical (unpaired) electrons. The van der Waals surface area contributed by atoms with Crippen molar-refractivity contribution in [2.24, 2.45) is 11.5 Å². The average Bonchev–Trinajstić information content (AvgIpc) is 3.32. The first-order valence-corrected chi connectivity index (χ1v) is 9.26. The highest BCUT2D eigenvalue weighted by Crippen LogP contribution is 2.35. The second kappa shape index (κ2) is 8.72. The third kappa shape index (κ3) is 4.41. The number of hydrogen-bond donors (Lipinski definition) is 3. The van der Waals surface area contributed by atoms with E-state index in [1.54, 1.807) is 12.3 Å². The minimum atomic E-state index is -0.455. The SMILES string of the molecule is NC/C(=C\F)CC(c1ccc(-c2ccnc(CC(N)=O)c2)s1)n1cn[nH]c1=O. The van der Waals surface area contributed by atoms with E-state index in [9.17, 15) is 14.0 Å². The fourth-order valence-corrected chi connectivity index (χ4v) is 3.93. The van der Waals surface area contributed by atoms with E-state index in [4.69, 9.17) is 11.5 Å². The van der Waals surface area contributed by atoms with Crippen molar-refractivity contribution >= 4 is 17.2 Å². The van der Waals surface area contributed by atoms with E-state index in [1.807, 2.05) is 18.2 Å². The van der Waals surface area contributed by atoms with Crippen LogP contribution >= 0.6 is 11.3 Å². The summed E-state index contributed by atoms with van der Waals surface area (Å²) in [7, 11) is 0. The van der Waals surface area contributed by atoms with Gasteiger partial charge in [-0.3, -0.25) is 14.3 Å². The molecule has 146 valence electrons. The number of thiophene rings is 1. The van der Waals surface area contributed by atoms with Crippen molar-refractivity contribution in [2.45, 2.75) is 18.9 Å². The lowest BCUT2D eigenvalue weighted by Crippen LogP contribution is -2.23. The van der Waals surface area contributed by atoms with Gasteiger partial charge >= 0.3 is 5.69 Å². The third-order valence-electron chi connectivity index (χ3n) is 4.20. The Labute approximate surface area is 163 Å². The summed E-state index contributed by atoms with van der Waals surface area (Å²) in [6.07, 6.45) is 3.78. The van der Waals surface area contributed by atoms with Gasteiger partial charge in [0.25, 0.3) is 0 Å². The predicted octanol–water partition coefficient (Wildman–Crippen LogP) is 1.51. The molecule has 1 atom stereocenters. The number of nitrogens with two attached hydrogens (primary N) is 2. The van der Waals surface area contributed by atoms with Crippen molar-refractivity contribution in [1.82, 2.24) is 19.7 Å². The molecule has 3 aromatic rings. The van der Waals surface area contributed by atoms with Crippen molar-refractivity contribution in [3.8, 4) is 10.4 Å². The van der Waals surface area contributed by atoms with Gasteiger partial charge in [-0.1, -0.05) is 0 Å². The first kappa shape index (κ1) is 19.6. The standard InChI is InChI=1S/C18H19FN6O2S/c19-8-11(9-20)5-14(25-10-23-24-18(25)27)16-2-1-15(28-16)12-3-4-22-13(6-12)7-17(21)26/h1-4,6,8,10,14H,5,7,9,20H2,(H2,21,26)(H,24,27)/b11-8-. The number of amides is 1. The second-order valence-electron chi connectivity index (χ2n) is 6.14. The van der Waals surface area contributed by atoms with E-state index in [-0.39, 0.29) is 25.1 Å². The molecule has 3 heterocycles. The second-order valence-corrected chi connectivity index (χ2v) is 7.26. The molecule has 0 aliphatic rings. The molecule has 3 rings (SSSR count). The summed E-state index contributed by atoms with van der Waals surface area (Å²) in [5, 5.41) is 6.12. The number of carbonyl (C=O) groups excluding carboxylic acids is 1. The number of aromatic nitrogens is 4. The maximum atomic E-state index is 13.1. The average molecular weight is 402 g/mol. The number of primary amides is 1. The summed E-state index contributed by atoms with van der Waals surface area (Å²) in [6, 6.07) is 6.97. The number of aromatic amines is 1. The van der Waals surface area contributed by atoms with Gasteiger partial charge in [-0.2, -0.15) is 5.10 Å². The van der Waals surface area contributed by atoms with E-state index >= 15 is 0 Å². The molecular formula is C18H19FN6O2S. The minimum absolute atomic E-state index is 0.0542. The quantitative estimate of drug-likeness (QED) is 0.525. The number of carbonyl (C=O) groups is 1. The van der Waals surface area contributed by atoms with Crippen LogP contribution in [0.15, 0.2) is 53.5 Å². The Morgan fingerprint density at radius 2 is 2.21 bits per heavy atom.